The molecule has 1 fully saturated rings. The lowest BCUT2D eigenvalue weighted by molar-refractivity contribution is -0.156. The number of benzene rings is 1. The number of para-hydroxylation sites is 1. The summed E-state index contributed by atoms with van der Waals surface area (Å²) in [7, 11) is 1.71. The second-order valence-electron chi connectivity index (χ2n) is 5.05. The molecule has 1 N–H and O–H groups in total. The van der Waals surface area contributed by atoms with E-state index in [0.29, 0.717) is 18.7 Å². The van der Waals surface area contributed by atoms with Crippen LogP contribution >= 0.6 is 0 Å². The van der Waals surface area contributed by atoms with E-state index in [9.17, 15) is 14.3 Å². The molecule has 1 aromatic carbocycles. The number of carboxylic acid groups (broad SMARTS) is 1. The Balaban J connectivity index is 2.18. The highest BCUT2D eigenvalue weighted by molar-refractivity contribution is 5.76. The summed E-state index contributed by atoms with van der Waals surface area (Å²) in [6.07, 6.45) is 1.28. The van der Waals surface area contributed by atoms with Crippen molar-refractivity contribution in [3.63, 3.8) is 0 Å². The Morgan fingerprint density at radius 3 is 2.84 bits per heavy atom. The molecule has 0 radical (unpaired) electrons. The predicted molar refractivity (Wildman–Crippen MR) is 69.8 cm³/mol. The van der Waals surface area contributed by atoms with Gasteiger partial charge in [-0.1, -0.05) is 12.1 Å². The van der Waals surface area contributed by atoms with E-state index in [1.54, 1.807) is 30.1 Å². The summed E-state index contributed by atoms with van der Waals surface area (Å²) in [4.78, 5) is 13.2. The molecule has 5 heteroatoms. The Bertz CT molecular complexity index is 458. The molecule has 2 rings (SSSR count). The maximum absolute atomic E-state index is 13.7. The molecule has 1 atom stereocenters. The maximum Gasteiger partial charge on any atom is 0.313 e. The number of carboxylic acids is 1. The SMILES string of the molecule is CN(CC1(C(=O)O)CCCOC1)c1ccccc1F. The lowest BCUT2D eigenvalue weighted by atomic mass is 9.82. The molecule has 0 spiro atoms. The Morgan fingerprint density at radius 2 is 2.26 bits per heavy atom. The normalized spacial score (nSPS) is 23.1. The van der Waals surface area contributed by atoms with Gasteiger partial charge >= 0.3 is 5.97 Å². The third kappa shape index (κ3) is 2.87. The molecule has 19 heavy (non-hydrogen) atoms. The molecule has 0 aliphatic carbocycles. The molecule has 0 saturated carbocycles. The average molecular weight is 267 g/mol. The van der Waals surface area contributed by atoms with Crippen molar-refractivity contribution in [1.82, 2.24) is 0 Å². The van der Waals surface area contributed by atoms with Crippen LogP contribution in [0.3, 0.4) is 0 Å². The lowest BCUT2D eigenvalue weighted by Crippen LogP contribution is -2.47. The summed E-state index contributed by atoms with van der Waals surface area (Å²) < 4.78 is 19.0. The Kier molecular flexibility index (Phi) is 4.04. The van der Waals surface area contributed by atoms with Gasteiger partial charge in [0.05, 0.1) is 12.3 Å². The number of rotatable bonds is 4. The summed E-state index contributed by atoms with van der Waals surface area (Å²) in [5.74, 6) is -1.22. The van der Waals surface area contributed by atoms with Crippen LogP contribution in [-0.2, 0) is 9.53 Å². The van der Waals surface area contributed by atoms with Gasteiger partial charge in [0.2, 0.25) is 0 Å². The van der Waals surface area contributed by atoms with E-state index >= 15 is 0 Å². The number of nitrogens with zero attached hydrogens (tertiary/aromatic N) is 1. The summed E-state index contributed by atoms with van der Waals surface area (Å²) >= 11 is 0. The zero-order valence-electron chi connectivity index (χ0n) is 10.9. The summed E-state index contributed by atoms with van der Waals surface area (Å²) in [5, 5.41) is 9.45. The van der Waals surface area contributed by atoms with Gasteiger partial charge in [0, 0.05) is 20.2 Å². The number of hydrogen-bond acceptors (Lipinski definition) is 3. The van der Waals surface area contributed by atoms with Crippen molar-refractivity contribution < 1.29 is 19.0 Å². The number of carbonyl (C=O) groups is 1. The van der Waals surface area contributed by atoms with Crippen LogP contribution in [-0.4, -0.2) is 37.9 Å². The zero-order chi connectivity index (χ0) is 13.9. The van der Waals surface area contributed by atoms with Crippen molar-refractivity contribution in [2.75, 3.05) is 31.7 Å². The number of halogens is 1. The van der Waals surface area contributed by atoms with Crippen molar-refractivity contribution in [3.05, 3.63) is 30.1 Å². The quantitative estimate of drug-likeness (QED) is 0.908. The van der Waals surface area contributed by atoms with E-state index in [2.05, 4.69) is 0 Å². The van der Waals surface area contributed by atoms with Gasteiger partial charge in [-0.3, -0.25) is 4.79 Å². The molecule has 0 bridgehead atoms. The van der Waals surface area contributed by atoms with E-state index in [-0.39, 0.29) is 19.0 Å². The first kappa shape index (κ1) is 13.8. The van der Waals surface area contributed by atoms with Crippen molar-refractivity contribution in [3.8, 4) is 0 Å². The van der Waals surface area contributed by atoms with Crippen molar-refractivity contribution in [2.45, 2.75) is 12.8 Å². The highest BCUT2D eigenvalue weighted by atomic mass is 19.1. The fourth-order valence-corrected chi connectivity index (χ4v) is 2.51. The van der Waals surface area contributed by atoms with E-state index in [4.69, 9.17) is 4.74 Å². The monoisotopic (exact) mass is 267 g/mol. The highest BCUT2D eigenvalue weighted by Crippen LogP contribution is 2.31. The first-order chi connectivity index (χ1) is 9.05. The molecule has 1 saturated heterocycles. The third-order valence-corrected chi connectivity index (χ3v) is 3.58. The molecule has 4 nitrogen and oxygen atoms in total. The van der Waals surface area contributed by atoms with Crippen LogP contribution in [0.1, 0.15) is 12.8 Å². The van der Waals surface area contributed by atoms with Gasteiger partial charge in [0.1, 0.15) is 11.2 Å². The van der Waals surface area contributed by atoms with Gasteiger partial charge in [0.25, 0.3) is 0 Å². The molecule has 104 valence electrons. The maximum atomic E-state index is 13.7. The Hall–Kier alpha value is -1.62. The second kappa shape index (κ2) is 5.57. The molecule has 1 heterocycles. The van der Waals surface area contributed by atoms with Gasteiger partial charge in [-0.05, 0) is 25.0 Å². The Labute approximate surface area is 111 Å². The van der Waals surface area contributed by atoms with Crippen LogP contribution in [0.15, 0.2) is 24.3 Å². The smallest absolute Gasteiger partial charge is 0.313 e. The first-order valence-corrected chi connectivity index (χ1v) is 6.32. The summed E-state index contributed by atoms with van der Waals surface area (Å²) in [6.45, 7) is 1.02. The van der Waals surface area contributed by atoms with Crippen molar-refractivity contribution in [2.24, 2.45) is 5.41 Å². The number of aliphatic carboxylic acids is 1. The van der Waals surface area contributed by atoms with Crippen molar-refractivity contribution in [1.29, 1.82) is 0 Å². The van der Waals surface area contributed by atoms with Crippen LogP contribution in [0.2, 0.25) is 0 Å². The summed E-state index contributed by atoms with van der Waals surface area (Å²) in [6, 6.07) is 6.37. The highest BCUT2D eigenvalue weighted by Gasteiger charge is 2.41. The van der Waals surface area contributed by atoms with E-state index in [1.807, 2.05) is 0 Å². The van der Waals surface area contributed by atoms with Gasteiger partial charge in [0.15, 0.2) is 0 Å². The van der Waals surface area contributed by atoms with Gasteiger partial charge < -0.3 is 14.7 Å². The number of hydrogen-bond donors (Lipinski definition) is 1. The second-order valence-corrected chi connectivity index (χ2v) is 5.05. The molecule has 1 aliphatic rings. The van der Waals surface area contributed by atoms with E-state index in [0.717, 1.165) is 6.42 Å². The predicted octanol–water partition coefficient (Wildman–Crippen LogP) is 2.14. The number of ether oxygens (including phenoxy) is 1. The standard InChI is InChI=1S/C14H18FNO3/c1-16(12-6-3-2-5-11(12)15)9-14(13(17)18)7-4-8-19-10-14/h2-3,5-6H,4,7-10H2,1H3,(H,17,18). The van der Waals surface area contributed by atoms with Crippen LogP contribution in [0.4, 0.5) is 10.1 Å². The zero-order valence-corrected chi connectivity index (χ0v) is 10.9. The topological polar surface area (TPSA) is 49.8 Å². The minimum absolute atomic E-state index is 0.182. The van der Waals surface area contributed by atoms with Crippen LogP contribution in [0.25, 0.3) is 0 Å². The lowest BCUT2D eigenvalue weighted by Gasteiger charge is -2.36. The van der Waals surface area contributed by atoms with Crippen LogP contribution < -0.4 is 4.90 Å². The first-order valence-electron chi connectivity index (χ1n) is 6.32. The van der Waals surface area contributed by atoms with Crippen LogP contribution in [0.5, 0.6) is 0 Å². The fourth-order valence-electron chi connectivity index (χ4n) is 2.51. The molecule has 1 aliphatic heterocycles. The van der Waals surface area contributed by atoms with Crippen molar-refractivity contribution >= 4 is 11.7 Å². The number of anilines is 1. The molecular formula is C14H18FNO3. The average Bonchev–Trinajstić information content (AvgIpc) is 2.40. The van der Waals surface area contributed by atoms with Gasteiger partial charge in [-0.15, -0.1) is 0 Å². The fraction of sp³-hybridized carbons (Fsp3) is 0.500. The largest absolute Gasteiger partial charge is 0.481 e. The minimum atomic E-state index is -0.949. The minimum Gasteiger partial charge on any atom is -0.481 e. The molecule has 0 aromatic heterocycles. The summed E-state index contributed by atoms with van der Waals surface area (Å²) in [5.41, 5.74) is -0.538. The van der Waals surface area contributed by atoms with Gasteiger partial charge in [-0.2, -0.15) is 0 Å². The van der Waals surface area contributed by atoms with Crippen LogP contribution in [0, 0.1) is 11.2 Å². The Morgan fingerprint density at radius 1 is 1.53 bits per heavy atom. The molecule has 1 unspecified atom stereocenters. The molecule has 1 aromatic rings. The molecular weight excluding hydrogens is 249 g/mol. The van der Waals surface area contributed by atoms with E-state index in [1.165, 1.54) is 6.07 Å². The van der Waals surface area contributed by atoms with Gasteiger partial charge in [-0.25, -0.2) is 4.39 Å². The third-order valence-electron chi connectivity index (χ3n) is 3.58. The van der Waals surface area contributed by atoms with E-state index < -0.39 is 11.4 Å². The molecule has 0 amide bonds.